The third-order valence-corrected chi connectivity index (χ3v) is 5.17. The maximum Gasteiger partial charge on any atom is 0.265 e. The first-order valence-corrected chi connectivity index (χ1v) is 7.56. The largest absolute Gasteiger partial charge is 0.338 e. The molecule has 0 spiro atoms. The van der Waals surface area contributed by atoms with E-state index in [1.165, 1.54) is 11.3 Å². The zero-order valence-electron chi connectivity index (χ0n) is 11.2. The summed E-state index contributed by atoms with van der Waals surface area (Å²) in [6.45, 7) is 4.67. The number of nitrogens with one attached hydrogen (secondary N) is 1. The molecule has 19 heavy (non-hydrogen) atoms. The molecule has 6 heteroatoms. The van der Waals surface area contributed by atoms with E-state index in [-0.39, 0.29) is 18.3 Å². The highest BCUT2D eigenvalue weighted by atomic mass is 35.5. The summed E-state index contributed by atoms with van der Waals surface area (Å²) in [6.07, 6.45) is 2.16. The number of halogens is 2. The van der Waals surface area contributed by atoms with E-state index in [1.54, 1.807) is 0 Å². The van der Waals surface area contributed by atoms with Gasteiger partial charge in [-0.3, -0.25) is 4.79 Å². The molecule has 1 saturated heterocycles. The standard InChI is InChI=1S/C13H19ClN2OS.ClH/c1-9-8-18-12(11(9)14)13(17)16-5-3-10(4-6-16)7-15-2;/h8,10,15H,3-7H2,1-2H3;1H. The van der Waals surface area contributed by atoms with Gasteiger partial charge < -0.3 is 10.2 Å². The van der Waals surface area contributed by atoms with E-state index in [9.17, 15) is 4.79 Å². The molecular formula is C13H20Cl2N2OS. The van der Waals surface area contributed by atoms with Gasteiger partial charge in [-0.1, -0.05) is 11.6 Å². The van der Waals surface area contributed by atoms with Gasteiger partial charge in [0.05, 0.1) is 5.02 Å². The summed E-state index contributed by atoms with van der Waals surface area (Å²) in [4.78, 5) is 15.0. The van der Waals surface area contributed by atoms with Crippen LogP contribution in [-0.4, -0.2) is 37.5 Å². The summed E-state index contributed by atoms with van der Waals surface area (Å²) in [5.41, 5.74) is 0.995. The van der Waals surface area contributed by atoms with E-state index in [4.69, 9.17) is 11.6 Å². The van der Waals surface area contributed by atoms with E-state index in [1.807, 2.05) is 24.3 Å². The molecule has 1 aromatic heterocycles. The summed E-state index contributed by atoms with van der Waals surface area (Å²) in [6, 6.07) is 0. The molecule has 0 radical (unpaired) electrons. The van der Waals surface area contributed by atoms with Crippen LogP contribution in [0.4, 0.5) is 0 Å². The van der Waals surface area contributed by atoms with E-state index in [2.05, 4.69) is 5.32 Å². The second-order valence-corrected chi connectivity index (χ2v) is 6.11. The number of aryl methyl sites for hydroxylation is 1. The highest BCUT2D eigenvalue weighted by Gasteiger charge is 2.25. The van der Waals surface area contributed by atoms with Crippen molar-refractivity contribution >= 4 is 41.3 Å². The van der Waals surface area contributed by atoms with Crippen molar-refractivity contribution < 1.29 is 4.79 Å². The normalized spacial score (nSPS) is 16.3. The number of likely N-dealkylation sites (tertiary alicyclic amines) is 1. The number of rotatable bonds is 3. The van der Waals surface area contributed by atoms with E-state index >= 15 is 0 Å². The van der Waals surface area contributed by atoms with Crippen LogP contribution in [0.2, 0.25) is 5.02 Å². The fourth-order valence-electron chi connectivity index (χ4n) is 2.35. The van der Waals surface area contributed by atoms with Crippen molar-refractivity contribution in [1.29, 1.82) is 0 Å². The fraction of sp³-hybridized carbons (Fsp3) is 0.615. The van der Waals surface area contributed by atoms with Gasteiger partial charge in [-0.15, -0.1) is 23.7 Å². The van der Waals surface area contributed by atoms with Gasteiger partial charge in [0.25, 0.3) is 5.91 Å². The number of hydrogen-bond donors (Lipinski definition) is 1. The van der Waals surface area contributed by atoms with Crippen molar-refractivity contribution in [3.05, 3.63) is 20.8 Å². The van der Waals surface area contributed by atoms with Crippen LogP contribution in [0.5, 0.6) is 0 Å². The molecule has 0 atom stereocenters. The smallest absolute Gasteiger partial charge is 0.265 e. The Morgan fingerprint density at radius 1 is 1.53 bits per heavy atom. The lowest BCUT2D eigenvalue weighted by Gasteiger charge is -2.31. The van der Waals surface area contributed by atoms with Crippen LogP contribution in [-0.2, 0) is 0 Å². The van der Waals surface area contributed by atoms with Crippen molar-refractivity contribution in [3.63, 3.8) is 0 Å². The predicted octanol–water partition coefficient (Wildman–Crippen LogP) is 3.20. The van der Waals surface area contributed by atoms with E-state index in [0.29, 0.717) is 15.8 Å². The average Bonchev–Trinajstić information content (AvgIpc) is 2.71. The van der Waals surface area contributed by atoms with Crippen LogP contribution in [0, 0.1) is 12.8 Å². The molecule has 1 aliphatic heterocycles. The molecule has 2 heterocycles. The first-order valence-electron chi connectivity index (χ1n) is 6.31. The molecule has 0 saturated carbocycles. The van der Waals surface area contributed by atoms with Gasteiger partial charge >= 0.3 is 0 Å². The first-order chi connectivity index (χ1) is 8.63. The SMILES string of the molecule is CNCC1CCN(C(=O)c2scc(C)c2Cl)CC1.Cl. The monoisotopic (exact) mass is 322 g/mol. The second kappa shape index (κ2) is 7.48. The van der Waals surface area contributed by atoms with Gasteiger partial charge in [0, 0.05) is 13.1 Å². The summed E-state index contributed by atoms with van der Waals surface area (Å²) < 4.78 is 0. The quantitative estimate of drug-likeness (QED) is 0.926. The van der Waals surface area contributed by atoms with E-state index < -0.39 is 0 Å². The molecule has 108 valence electrons. The molecule has 0 bridgehead atoms. The minimum absolute atomic E-state index is 0. The van der Waals surface area contributed by atoms with Gasteiger partial charge in [-0.2, -0.15) is 0 Å². The first kappa shape index (κ1) is 16.8. The molecule has 2 rings (SSSR count). The molecule has 0 aliphatic carbocycles. The topological polar surface area (TPSA) is 32.3 Å². The Morgan fingerprint density at radius 3 is 2.63 bits per heavy atom. The Balaban J connectivity index is 0.00000180. The van der Waals surface area contributed by atoms with Crippen molar-refractivity contribution in [1.82, 2.24) is 10.2 Å². The van der Waals surface area contributed by atoms with Crippen LogP contribution in [0.15, 0.2) is 5.38 Å². The summed E-state index contributed by atoms with van der Waals surface area (Å²) in [5.74, 6) is 0.792. The molecule has 0 unspecified atom stereocenters. The van der Waals surface area contributed by atoms with Gasteiger partial charge in [0.1, 0.15) is 4.88 Å². The highest BCUT2D eigenvalue weighted by Crippen LogP contribution is 2.29. The Bertz CT molecular complexity index is 428. The van der Waals surface area contributed by atoms with Crippen molar-refractivity contribution in [2.24, 2.45) is 5.92 Å². The third-order valence-electron chi connectivity index (χ3n) is 3.49. The minimum Gasteiger partial charge on any atom is -0.338 e. The van der Waals surface area contributed by atoms with Crippen molar-refractivity contribution in [2.45, 2.75) is 19.8 Å². The van der Waals surface area contributed by atoms with Crippen LogP contribution >= 0.6 is 35.3 Å². The average molecular weight is 323 g/mol. The maximum atomic E-state index is 12.3. The molecule has 1 amide bonds. The molecule has 1 fully saturated rings. The lowest BCUT2D eigenvalue weighted by molar-refractivity contribution is 0.0696. The number of thiophene rings is 1. The second-order valence-electron chi connectivity index (χ2n) is 4.86. The number of carbonyl (C=O) groups excluding carboxylic acids is 1. The zero-order valence-corrected chi connectivity index (χ0v) is 13.6. The Morgan fingerprint density at radius 2 is 2.16 bits per heavy atom. The Labute approximate surface area is 129 Å². The van der Waals surface area contributed by atoms with Gasteiger partial charge in [0.15, 0.2) is 0 Å². The fourth-order valence-corrected chi connectivity index (χ4v) is 3.59. The molecule has 1 N–H and O–H groups in total. The lowest BCUT2D eigenvalue weighted by atomic mass is 9.97. The summed E-state index contributed by atoms with van der Waals surface area (Å²) in [5, 5.41) is 5.78. The number of piperidine rings is 1. The predicted molar refractivity (Wildman–Crippen MR) is 83.9 cm³/mol. The number of nitrogens with zero attached hydrogens (tertiary/aromatic N) is 1. The molecule has 3 nitrogen and oxygen atoms in total. The van der Waals surface area contributed by atoms with Crippen LogP contribution in [0.1, 0.15) is 28.1 Å². The van der Waals surface area contributed by atoms with Gasteiger partial charge in [-0.05, 0) is 50.2 Å². The number of carbonyl (C=O) groups is 1. The number of hydrogen-bond acceptors (Lipinski definition) is 3. The van der Waals surface area contributed by atoms with Gasteiger partial charge in [0.2, 0.25) is 0 Å². The Hall–Kier alpha value is -0.290. The molecule has 1 aliphatic rings. The molecular weight excluding hydrogens is 303 g/mol. The lowest BCUT2D eigenvalue weighted by Crippen LogP contribution is -2.40. The third kappa shape index (κ3) is 3.85. The Kier molecular flexibility index (Phi) is 6.60. The van der Waals surface area contributed by atoms with Crippen LogP contribution in [0.25, 0.3) is 0 Å². The van der Waals surface area contributed by atoms with Crippen molar-refractivity contribution in [3.8, 4) is 0 Å². The maximum absolute atomic E-state index is 12.3. The molecule has 0 aromatic carbocycles. The summed E-state index contributed by atoms with van der Waals surface area (Å²) in [7, 11) is 1.98. The van der Waals surface area contributed by atoms with Crippen LogP contribution < -0.4 is 5.32 Å². The van der Waals surface area contributed by atoms with Crippen molar-refractivity contribution in [2.75, 3.05) is 26.7 Å². The van der Waals surface area contributed by atoms with E-state index in [0.717, 1.165) is 38.0 Å². The number of amides is 1. The zero-order chi connectivity index (χ0) is 13.1. The van der Waals surface area contributed by atoms with Gasteiger partial charge in [-0.25, -0.2) is 0 Å². The highest BCUT2D eigenvalue weighted by molar-refractivity contribution is 7.13. The van der Waals surface area contributed by atoms with Crippen LogP contribution in [0.3, 0.4) is 0 Å². The minimum atomic E-state index is 0. The molecule has 1 aromatic rings. The summed E-state index contributed by atoms with van der Waals surface area (Å²) >= 11 is 7.61.